The Morgan fingerprint density at radius 1 is 1.00 bits per heavy atom. The molecule has 0 unspecified atom stereocenters. The molecule has 3 nitrogen and oxygen atoms in total. The molecule has 28 heavy (non-hydrogen) atoms. The van der Waals surface area contributed by atoms with E-state index in [1.807, 2.05) is 36.4 Å². The summed E-state index contributed by atoms with van der Waals surface area (Å²) in [7, 11) is 1.67. The second-order valence-electron chi connectivity index (χ2n) is 6.49. The Morgan fingerprint density at radius 2 is 1.71 bits per heavy atom. The molecule has 142 valence electrons. The number of methoxy groups -OCH3 is 1. The lowest BCUT2D eigenvalue weighted by Gasteiger charge is -2.11. The molecule has 0 atom stereocenters. The zero-order valence-corrected chi connectivity index (χ0v) is 17.8. The van der Waals surface area contributed by atoms with Crippen molar-refractivity contribution in [2.45, 2.75) is 13.5 Å². The molecule has 0 saturated carbocycles. The Labute approximate surface area is 178 Å². The number of benzene rings is 2. The summed E-state index contributed by atoms with van der Waals surface area (Å²) in [5.74, 6) is 0.838. The van der Waals surface area contributed by atoms with Crippen molar-refractivity contribution >= 4 is 34.5 Å². The molecule has 0 fully saturated rings. The van der Waals surface area contributed by atoms with E-state index in [4.69, 9.17) is 32.9 Å². The number of hydrogen-bond acceptors (Lipinski definition) is 3. The van der Waals surface area contributed by atoms with Crippen LogP contribution in [0.15, 0.2) is 60.0 Å². The summed E-state index contributed by atoms with van der Waals surface area (Å²) < 4.78 is 7.46. The topological polar surface area (TPSA) is 27.1 Å². The highest BCUT2D eigenvalue weighted by atomic mass is 35.5. The van der Waals surface area contributed by atoms with Crippen LogP contribution < -0.4 is 4.74 Å². The van der Waals surface area contributed by atoms with Crippen LogP contribution in [0.1, 0.15) is 11.3 Å². The van der Waals surface area contributed by atoms with Crippen LogP contribution in [0.2, 0.25) is 10.0 Å². The van der Waals surface area contributed by atoms with Crippen molar-refractivity contribution in [1.29, 1.82) is 0 Å². The smallest absolute Gasteiger partial charge is 0.124 e. The molecule has 0 N–H and O–H groups in total. The average molecular weight is 429 g/mol. The number of halogens is 2. The number of nitrogens with zero attached hydrogens (tertiary/aromatic N) is 2. The summed E-state index contributed by atoms with van der Waals surface area (Å²) in [5.41, 5.74) is 5.32. The second-order valence-corrected chi connectivity index (χ2v) is 8.22. The third-order valence-corrected chi connectivity index (χ3v) is 5.89. The van der Waals surface area contributed by atoms with Gasteiger partial charge in [-0.25, -0.2) is 4.98 Å². The molecule has 2 aromatic carbocycles. The summed E-state index contributed by atoms with van der Waals surface area (Å²) in [6.45, 7) is 2.77. The third kappa shape index (κ3) is 3.95. The Hall–Kier alpha value is -2.27. The molecule has 0 saturated heterocycles. The quantitative estimate of drug-likeness (QED) is 0.343. The van der Waals surface area contributed by atoms with Gasteiger partial charge in [-0.05, 0) is 67.1 Å². The zero-order chi connectivity index (χ0) is 19.7. The minimum absolute atomic E-state index is 0.643. The summed E-state index contributed by atoms with van der Waals surface area (Å²) in [6.07, 6.45) is 0. The number of aryl methyl sites for hydroxylation is 1. The van der Waals surface area contributed by atoms with E-state index < -0.39 is 0 Å². The first-order valence-electron chi connectivity index (χ1n) is 8.75. The Morgan fingerprint density at radius 3 is 2.39 bits per heavy atom. The lowest BCUT2D eigenvalue weighted by Crippen LogP contribution is -2.04. The molecule has 2 aromatic heterocycles. The van der Waals surface area contributed by atoms with Crippen LogP contribution in [0.3, 0.4) is 0 Å². The van der Waals surface area contributed by atoms with Gasteiger partial charge >= 0.3 is 0 Å². The largest absolute Gasteiger partial charge is 0.497 e. The normalized spacial score (nSPS) is 11.0. The lowest BCUT2D eigenvalue weighted by atomic mass is 10.2. The van der Waals surface area contributed by atoms with Crippen LogP contribution in [-0.2, 0) is 6.54 Å². The maximum absolute atomic E-state index is 6.17. The van der Waals surface area contributed by atoms with Gasteiger partial charge in [-0.2, -0.15) is 0 Å². The van der Waals surface area contributed by atoms with Gasteiger partial charge in [0.2, 0.25) is 0 Å². The van der Waals surface area contributed by atoms with Gasteiger partial charge in [-0.15, -0.1) is 11.3 Å². The molecular weight excluding hydrogens is 411 g/mol. The van der Waals surface area contributed by atoms with Gasteiger partial charge < -0.3 is 9.30 Å². The van der Waals surface area contributed by atoms with Crippen molar-refractivity contribution in [3.8, 4) is 27.7 Å². The molecular formula is C22H18Cl2N2OS. The van der Waals surface area contributed by atoms with Gasteiger partial charge in [0, 0.05) is 33.2 Å². The summed E-state index contributed by atoms with van der Waals surface area (Å²) in [6, 6.07) is 17.8. The number of hydrogen-bond donors (Lipinski definition) is 0. The van der Waals surface area contributed by atoms with Gasteiger partial charge in [0.05, 0.1) is 18.5 Å². The van der Waals surface area contributed by atoms with Gasteiger partial charge in [0.1, 0.15) is 10.8 Å². The fourth-order valence-corrected chi connectivity index (χ4v) is 4.54. The molecule has 0 radical (unpaired) electrons. The first kappa shape index (κ1) is 19.1. The molecule has 4 rings (SSSR count). The first-order chi connectivity index (χ1) is 13.5. The SMILES string of the molecule is COc1ccc(-c2nc(-c3ccc(C)n3Cc3cc(Cl)cc(Cl)c3)cs2)cc1. The molecule has 6 heteroatoms. The minimum Gasteiger partial charge on any atom is -0.497 e. The minimum atomic E-state index is 0.643. The molecule has 0 amide bonds. The van der Waals surface area contributed by atoms with Crippen LogP contribution in [0.5, 0.6) is 5.75 Å². The van der Waals surface area contributed by atoms with Gasteiger partial charge in [0.25, 0.3) is 0 Å². The van der Waals surface area contributed by atoms with E-state index in [1.165, 1.54) is 0 Å². The predicted octanol–water partition coefficient (Wildman–Crippen LogP) is 6.95. The van der Waals surface area contributed by atoms with E-state index >= 15 is 0 Å². The van der Waals surface area contributed by atoms with Crippen molar-refractivity contribution in [1.82, 2.24) is 9.55 Å². The maximum atomic E-state index is 6.17. The summed E-state index contributed by atoms with van der Waals surface area (Å²) >= 11 is 14.0. The molecule has 0 aliphatic carbocycles. The van der Waals surface area contributed by atoms with Crippen molar-refractivity contribution in [3.63, 3.8) is 0 Å². The van der Waals surface area contributed by atoms with Gasteiger partial charge in [-0.3, -0.25) is 0 Å². The van der Waals surface area contributed by atoms with E-state index in [0.717, 1.165) is 39.0 Å². The maximum Gasteiger partial charge on any atom is 0.124 e. The molecule has 2 heterocycles. The van der Waals surface area contributed by atoms with Crippen LogP contribution in [-0.4, -0.2) is 16.7 Å². The van der Waals surface area contributed by atoms with Gasteiger partial charge in [-0.1, -0.05) is 23.2 Å². The number of aromatic nitrogens is 2. The van der Waals surface area contributed by atoms with Crippen LogP contribution in [0.4, 0.5) is 0 Å². The van der Waals surface area contributed by atoms with Crippen molar-refractivity contribution < 1.29 is 4.74 Å². The fraction of sp³-hybridized carbons (Fsp3) is 0.136. The van der Waals surface area contributed by atoms with Crippen molar-refractivity contribution in [2.75, 3.05) is 7.11 Å². The Bertz CT molecular complexity index is 1100. The van der Waals surface area contributed by atoms with Crippen LogP contribution in [0.25, 0.3) is 22.0 Å². The Balaban J connectivity index is 1.66. The third-order valence-electron chi connectivity index (χ3n) is 4.57. The highest BCUT2D eigenvalue weighted by molar-refractivity contribution is 7.13. The average Bonchev–Trinajstić information content (AvgIpc) is 3.29. The first-order valence-corrected chi connectivity index (χ1v) is 10.4. The van der Waals surface area contributed by atoms with Crippen LogP contribution in [0, 0.1) is 6.92 Å². The summed E-state index contributed by atoms with van der Waals surface area (Å²) in [5, 5.41) is 4.36. The van der Waals surface area contributed by atoms with Crippen molar-refractivity contribution in [2.24, 2.45) is 0 Å². The summed E-state index contributed by atoms with van der Waals surface area (Å²) in [4.78, 5) is 4.86. The van der Waals surface area contributed by atoms with E-state index in [-0.39, 0.29) is 0 Å². The van der Waals surface area contributed by atoms with Crippen LogP contribution >= 0.6 is 34.5 Å². The monoisotopic (exact) mass is 428 g/mol. The van der Waals surface area contributed by atoms with Crippen molar-refractivity contribution in [3.05, 3.63) is 81.3 Å². The zero-order valence-electron chi connectivity index (χ0n) is 15.4. The number of rotatable bonds is 5. The van der Waals surface area contributed by atoms with E-state index in [9.17, 15) is 0 Å². The lowest BCUT2D eigenvalue weighted by molar-refractivity contribution is 0.415. The molecule has 0 bridgehead atoms. The van der Waals surface area contributed by atoms with E-state index in [1.54, 1.807) is 24.5 Å². The Kier molecular flexibility index (Phi) is 5.44. The molecule has 0 spiro atoms. The second kappa shape index (κ2) is 8.00. The highest BCUT2D eigenvalue weighted by Gasteiger charge is 2.13. The standard InChI is InChI=1S/C22H18Cl2N2OS/c1-14-3-8-21(26(14)12-15-9-17(23)11-18(24)10-15)20-13-28-22(25-20)16-4-6-19(27-2)7-5-16/h3-11,13H,12H2,1-2H3. The predicted molar refractivity (Wildman–Crippen MR) is 118 cm³/mol. The number of ether oxygens (including phenoxy) is 1. The number of thiazole rings is 1. The highest BCUT2D eigenvalue weighted by Crippen LogP contribution is 2.31. The molecule has 0 aliphatic rings. The van der Waals surface area contributed by atoms with Gasteiger partial charge in [0.15, 0.2) is 0 Å². The van der Waals surface area contributed by atoms with E-state index in [2.05, 4.69) is 29.0 Å². The molecule has 4 aromatic rings. The fourth-order valence-electron chi connectivity index (χ4n) is 3.15. The van der Waals surface area contributed by atoms with E-state index in [0.29, 0.717) is 16.6 Å². The molecule has 0 aliphatic heterocycles.